The van der Waals surface area contributed by atoms with Crippen molar-refractivity contribution < 1.29 is 9.18 Å². The van der Waals surface area contributed by atoms with Gasteiger partial charge < -0.3 is 16.0 Å². The fraction of sp³-hybridized carbons (Fsp3) is 0.500. The van der Waals surface area contributed by atoms with Crippen LogP contribution in [0.4, 0.5) is 10.1 Å². The molecule has 0 aliphatic carbocycles. The SMILES string of the molecule is CN1CCC[C@H]1CNc1c(C(N)=O)cnc(Cl)c1F. The number of anilines is 1. The summed E-state index contributed by atoms with van der Waals surface area (Å²) in [5.74, 6) is -1.47. The van der Waals surface area contributed by atoms with Gasteiger partial charge in [-0.05, 0) is 26.4 Å². The van der Waals surface area contributed by atoms with Crippen molar-refractivity contribution >= 4 is 23.2 Å². The number of nitrogens with zero attached hydrogens (tertiary/aromatic N) is 2. The first-order valence-corrected chi connectivity index (χ1v) is 6.46. The zero-order valence-electron chi connectivity index (χ0n) is 10.6. The van der Waals surface area contributed by atoms with E-state index in [-0.39, 0.29) is 16.4 Å². The lowest BCUT2D eigenvalue weighted by Gasteiger charge is -2.21. The number of rotatable bonds is 4. The fourth-order valence-electron chi connectivity index (χ4n) is 2.28. The van der Waals surface area contributed by atoms with Gasteiger partial charge >= 0.3 is 0 Å². The summed E-state index contributed by atoms with van der Waals surface area (Å²) < 4.78 is 13.9. The molecule has 1 aliphatic rings. The third kappa shape index (κ3) is 2.96. The number of amides is 1. The molecule has 19 heavy (non-hydrogen) atoms. The molecule has 0 saturated carbocycles. The van der Waals surface area contributed by atoms with Gasteiger partial charge in [0.05, 0.1) is 11.3 Å². The number of pyridine rings is 1. The van der Waals surface area contributed by atoms with E-state index in [0.29, 0.717) is 12.6 Å². The Morgan fingerprint density at radius 3 is 3.05 bits per heavy atom. The normalized spacial score (nSPS) is 19.6. The highest BCUT2D eigenvalue weighted by molar-refractivity contribution is 6.30. The summed E-state index contributed by atoms with van der Waals surface area (Å²) in [6, 6.07) is 0.312. The molecule has 3 N–H and O–H groups in total. The van der Waals surface area contributed by atoms with Crippen molar-refractivity contribution in [1.29, 1.82) is 0 Å². The van der Waals surface area contributed by atoms with E-state index in [4.69, 9.17) is 17.3 Å². The summed E-state index contributed by atoms with van der Waals surface area (Å²) in [5, 5.41) is 2.66. The quantitative estimate of drug-likeness (QED) is 0.823. The van der Waals surface area contributed by atoms with Crippen LogP contribution in [-0.4, -0.2) is 42.0 Å². The molecule has 0 unspecified atom stereocenters. The Hall–Kier alpha value is -1.40. The molecule has 0 spiro atoms. The molecule has 5 nitrogen and oxygen atoms in total. The molecule has 2 heterocycles. The zero-order chi connectivity index (χ0) is 14.0. The highest BCUT2D eigenvalue weighted by atomic mass is 35.5. The molecule has 1 atom stereocenters. The first-order chi connectivity index (χ1) is 9.00. The molecule has 1 aromatic heterocycles. The fourth-order valence-corrected chi connectivity index (χ4v) is 2.42. The molecule has 0 aromatic carbocycles. The number of nitrogens with two attached hydrogens (primary N) is 1. The number of carbonyl (C=O) groups is 1. The number of carbonyl (C=O) groups excluding carboxylic acids is 1. The number of hydrogen-bond donors (Lipinski definition) is 2. The molecule has 2 rings (SSSR count). The van der Waals surface area contributed by atoms with Gasteiger partial charge in [0, 0.05) is 18.8 Å². The van der Waals surface area contributed by atoms with Crippen LogP contribution in [0.25, 0.3) is 0 Å². The predicted molar refractivity (Wildman–Crippen MR) is 71.9 cm³/mol. The third-order valence-corrected chi connectivity index (χ3v) is 3.69. The molecule has 1 aromatic rings. The van der Waals surface area contributed by atoms with Gasteiger partial charge in [-0.3, -0.25) is 4.79 Å². The largest absolute Gasteiger partial charge is 0.380 e. The molecule has 104 valence electrons. The summed E-state index contributed by atoms with van der Waals surface area (Å²) in [4.78, 5) is 17.1. The lowest BCUT2D eigenvalue weighted by molar-refractivity contribution is 0.100. The Bertz CT molecular complexity index is 497. The summed E-state index contributed by atoms with van der Waals surface area (Å²) in [7, 11) is 2.02. The molecule has 1 saturated heterocycles. The van der Waals surface area contributed by atoms with E-state index >= 15 is 0 Å². The number of nitrogens with one attached hydrogen (secondary N) is 1. The molecule has 0 radical (unpaired) electrons. The second-order valence-electron chi connectivity index (χ2n) is 4.67. The van der Waals surface area contributed by atoms with Crippen LogP contribution in [0.5, 0.6) is 0 Å². The summed E-state index contributed by atoms with van der Waals surface area (Å²) >= 11 is 5.63. The minimum Gasteiger partial charge on any atom is -0.380 e. The van der Waals surface area contributed by atoms with E-state index in [9.17, 15) is 9.18 Å². The second kappa shape index (κ2) is 5.71. The molecule has 1 aliphatic heterocycles. The lowest BCUT2D eigenvalue weighted by atomic mass is 10.2. The van der Waals surface area contributed by atoms with E-state index in [2.05, 4.69) is 15.2 Å². The lowest BCUT2D eigenvalue weighted by Crippen LogP contribution is -2.32. The van der Waals surface area contributed by atoms with Gasteiger partial charge in [0.25, 0.3) is 5.91 Å². The van der Waals surface area contributed by atoms with Crippen LogP contribution in [-0.2, 0) is 0 Å². The first-order valence-electron chi connectivity index (χ1n) is 6.08. The van der Waals surface area contributed by atoms with Crippen LogP contribution in [0.15, 0.2) is 6.20 Å². The Balaban J connectivity index is 2.18. The minimum atomic E-state index is -0.737. The number of likely N-dealkylation sites (N-methyl/N-ethyl adjacent to an activating group) is 1. The number of halogens is 2. The van der Waals surface area contributed by atoms with Gasteiger partial charge in [0.2, 0.25) is 0 Å². The van der Waals surface area contributed by atoms with Crippen molar-refractivity contribution in [1.82, 2.24) is 9.88 Å². The maximum Gasteiger partial charge on any atom is 0.252 e. The number of aromatic nitrogens is 1. The average molecular weight is 287 g/mol. The van der Waals surface area contributed by atoms with Gasteiger partial charge in [-0.2, -0.15) is 0 Å². The van der Waals surface area contributed by atoms with Crippen molar-refractivity contribution in [2.24, 2.45) is 5.73 Å². The molecule has 1 fully saturated rings. The van der Waals surface area contributed by atoms with Crippen LogP contribution in [0, 0.1) is 5.82 Å². The zero-order valence-corrected chi connectivity index (χ0v) is 11.4. The van der Waals surface area contributed by atoms with Crippen molar-refractivity contribution in [3.8, 4) is 0 Å². The van der Waals surface area contributed by atoms with Gasteiger partial charge in [-0.1, -0.05) is 11.6 Å². The van der Waals surface area contributed by atoms with E-state index in [1.54, 1.807) is 0 Å². The van der Waals surface area contributed by atoms with E-state index in [1.165, 1.54) is 6.20 Å². The van der Waals surface area contributed by atoms with Gasteiger partial charge in [-0.25, -0.2) is 9.37 Å². The van der Waals surface area contributed by atoms with Crippen molar-refractivity contribution in [2.75, 3.05) is 25.5 Å². The molecule has 7 heteroatoms. The van der Waals surface area contributed by atoms with E-state index < -0.39 is 11.7 Å². The number of primary amides is 1. The molecule has 1 amide bonds. The highest BCUT2D eigenvalue weighted by Crippen LogP contribution is 2.25. The average Bonchev–Trinajstić information content (AvgIpc) is 2.76. The predicted octanol–water partition coefficient (Wildman–Crippen LogP) is 1.48. The maximum absolute atomic E-state index is 13.9. The van der Waals surface area contributed by atoms with Crippen molar-refractivity contribution in [3.05, 3.63) is 22.7 Å². The second-order valence-corrected chi connectivity index (χ2v) is 5.03. The molecular formula is C12H16ClFN4O. The molecule has 0 bridgehead atoms. The van der Waals surface area contributed by atoms with Crippen LogP contribution >= 0.6 is 11.6 Å². The third-order valence-electron chi connectivity index (χ3n) is 3.43. The maximum atomic E-state index is 13.9. The van der Waals surface area contributed by atoms with Gasteiger partial charge in [0.15, 0.2) is 11.0 Å². The van der Waals surface area contributed by atoms with Crippen molar-refractivity contribution in [3.63, 3.8) is 0 Å². The van der Waals surface area contributed by atoms with E-state index in [0.717, 1.165) is 19.4 Å². The van der Waals surface area contributed by atoms with Gasteiger partial charge in [0.1, 0.15) is 0 Å². The Morgan fingerprint density at radius 1 is 1.74 bits per heavy atom. The van der Waals surface area contributed by atoms with Gasteiger partial charge in [-0.15, -0.1) is 0 Å². The Labute approximate surface area is 115 Å². The smallest absolute Gasteiger partial charge is 0.252 e. The number of likely N-dealkylation sites (tertiary alicyclic amines) is 1. The molecular weight excluding hydrogens is 271 g/mol. The standard InChI is InChI=1S/C12H16ClFN4O/c1-18-4-2-3-7(18)5-16-10-8(12(15)19)6-17-11(13)9(10)14/h6-7H,2-5H2,1H3,(H2,15,19)(H,16,17)/t7-/m0/s1. The summed E-state index contributed by atoms with van der Waals surface area (Å²) in [6.45, 7) is 1.56. The van der Waals surface area contributed by atoms with Crippen LogP contribution < -0.4 is 11.1 Å². The monoisotopic (exact) mass is 286 g/mol. The number of hydrogen-bond acceptors (Lipinski definition) is 4. The first kappa shape index (κ1) is 14.0. The van der Waals surface area contributed by atoms with E-state index in [1.807, 2.05) is 7.05 Å². The summed E-state index contributed by atoms with van der Waals surface area (Å²) in [5.41, 5.74) is 5.26. The Morgan fingerprint density at radius 2 is 2.47 bits per heavy atom. The van der Waals surface area contributed by atoms with Crippen LogP contribution in [0.2, 0.25) is 5.15 Å². The topological polar surface area (TPSA) is 71.2 Å². The van der Waals surface area contributed by atoms with Crippen molar-refractivity contribution in [2.45, 2.75) is 18.9 Å². The summed E-state index contributed by atoms with van der Waals surface area (Å²) in [6.07, 6.45) is 3.34. The highest BCUT2D eigenvalue weighted by Gasteiger charge is 2.23. The Kier molecular flexibility index (Phi) is 4.21. The van der Waals surface area contributed by atoms with Crippen LogP contribution in [0.3, 0.4) is 0 Å². The minimum absolute atomic E-state index is 0.0163. The van der Waals surface area contributed by atoms with Crippen LogP contribution in [0.1, 0.15) is 23.2 Å².